The molecule has 0 aliphatic heterocycles. The lowest BCUT2D eigenvalue weighted by atomic mass is 10.5. The number of carbonyl (C=O) groups is 2. The topological polar surface area (TPSA) is 52.6 Å². The number of rotatable bonds is 12. The third-order valence-electron chi connectivity index (χ3n) is 2.69. The van der Waals surface area contributed by atoms with Crippen LogP contribution in [-0.2, 0) is 19.1 Å². The first-order valence-electron chi connectivity index (χ1n) is 8.09. The van der Waals surface area contributed by atoms with Crippen molar-refractivity contribution in [1.29, 1.82) is 0 Å². The summed E-state index contributed by atoms with van der Waals surface area (Å²) in [6.07, 6.45) is 2.33. The third-order valence-corrected chi connectivity index (χ3v) is 7.04. The molecule has 0 N–H and O–H groups in total. The van der Waals surface area contributed by atoms with E-state index in [1.807, 2.05) is 13.8 Å². The normalized spacial score (nSPS) is 16.0. The Morgan fingerprint density at radius 1 is 0.880 bits per heavy atom. The SMILES string of the molecule is C=CC(=O)OCC(C)(SC(C)C)SC(C)(COC(=O)C=C)SC(C)C. The van der Waals surface area contributed by atoms with Gasteiger partial charge in [0.2, 0.25) is 0 Å². The summed E-state index contributed by atoms with van der Waals surface area (Å²) in [5, 5.41) is 0.702. The fourth-order valence-corrected chi connectivity index (χ4v) is 8.35. The number of esters is 2. The van der Waals surface area contributed by atoms with Gasteiger partial charge in [0.15, 0.2) is 0 Å². The van der Waals surface area contributed by atoms with Gasteiger partial charge in [0.05, 0.1) is 8.16 Å². The molecular formula is C18H30O4S3. The van der Waals surface area contributed by atoms with Gasteiger partial charge >= 0.3 is 11.9 Å². The molecule has 0 saturated heterocycles. The van der Waals surface area contributed by atoms with Crippen LogP contribution in [0.2, 0.25) is 0 Å². The Labute approximate surface area is 164 Å². The van der Waals surface area contributed by atoms with E-state index in [1.165, 1.54) is 12.2 Å². The Kier molecular flexibility index (Phi) is 11.0. The smallest absolute Gasteiger partial charge is 0.330 e. The molecule has 7 heteroatoms. The average Bonchev–Trinajstić information content (AvgIpc) is 2.48. The van der Waals surface area contributed by atoms with Crippen LogP contribution in [0.1, 0.15) is 41.5 Å². The summed E-state index contributed by atoms with van der Waals surface area (Å²) in [6, 6.07) is 0. The molecule has 0 spiro atoms. The van der Waals surface area contributed by atoms with E-state index in [-0.39, 0.29) is 21.4 Å². The molecule has 0 radical (unpaired) electrons. The van der Waals surface area contributed by atoms with Crippen molar-refractivity contribution >= 4 is 47.2 Å². The van der Waals surface area contributed by atoms with Gasteiger partial charge in [-0.05, 0) is 13.8 Å². The maximum absolute atomic E-state index is 11.5. The van der Waals surface area contributed by atoms with Gasteiger partial charge in [0, 0.05) is 22.7 Å². The molecule has 0 amide bonds. The van der Waals surface area contributed by atoms with Crippen LogP contribution in [0.15, 0.2) is 25.3 Å². The van der Waals surface area contributed by atoms with Crippen LogP contribution in [0.4, 0.5) is 0 Å². The minimum absolute atomic E-state index is 0.245. The van der Waals surface area contributed by atoms with E-state index in [0.29, 0.717) is 10.5 Å². The van der Waals surface area contributed by atoms with E-state index in [9.17, 15) is 9.59 Å². The van der Waals surface area contributed by atoms with Gasteiger partial charge in [-0.15, -0.1) is 35.3 Å². The van der Waals surface area contributed by atoms with E-state index >= 15 is 0 Å². The molecule has 2 atom stereocenters. The Morgan fingerprint density at radius 2 is 1.20 bits per heavy atom. The number of carbonyl (C=O) groups excluding carboxylic acids is 2. The lowest BCUT2D eigenvalue weighted by molar-refractivity contribution is -0.138. The van der Waals surface area contributed by atoms with Gasteiger partial charge in [0.1, 0.15) is 13.2 Å². The summed E-state index contributed by atoms with van der Waals surface area (Å²) in [5.74, 6) is -0.875. The molecule has 144 valence electrons. The number of thioether (sulfide) groups is 3. The van der Waals surface area contributed by atoms with Crippen LogP contribution in [0.5, 0.6) is 0 Å². The van der Waals surface area contributed by atoms with Crippen LogP contribution < -0.4 is 0 Å². The summed E-state index contributed by atoms with van der Waals surface area (Å²) in [5.41, 5.74) is 0. The first-order chi connectivity index (χ1) is 11.4. The van der Waals surface area contributed by atoms with Crippen LogP contribution in [-0.4, -0.2) is 43.8 Å². The van der Waals surface area contributed by atoms with E-state index in [2.05, 4.69) is 40.9 Å². The van der Waals surface area contributed by atoms with E-state index in [1.54, 1.807) is 35.3 Å². The van der Waals surface area contributed by atoms with Crippen molar-refractivity contribution in [1.82, 2.24) is 0 Å². The van der Waals surface area contributed by atoms with E-state index in [4.69, 9.17) is 9.47 Å². The molecule has 2 unspecified atom stereocenters. The molecule has 25 heavy (non-hydrogen) atoms. The maximum atomic E-state index is 11.5. The largest absolute Gasteiger partial charge is 0.460 e. The minimum Gasteiger partial charge on any atom is -0.460 e. The summed E-state index contributed by atoms with van der Waals surface area (Å²) in [6.45, 7) is 19.9. The second-order valence-corrected chi connectivity index (χ2v) is 13.0. The Bertz CT molecular complexity index is 437. The fraction of sp³-hybridized carbons (Fsp3) is 0.667. The predicted molar refractivity (Wildman–Crippen MR) is 112 cm³/mol. The summed E-state index contributed by atoms with van der Waals surface area (Å²) in [4.78, 5) is 23.0. The zero-order chi connectivity index (χ0) is 19.7. The van der Waals surface area contributed by atoms with Crippen molar-refractivity contribution in [2.45, 2.75) is 60.2 Å². The highest BCUT2D eigenvalue weighted by Gasteiger charge is 2.40. The first kappa shape index (κ1) is 24.5. The highest BCUT2D eigenvalue weighted by atomic mass is 32.2. The van der Waals surface area contributed by atoms with Crippen molar-refractivity contribution in [3.8, 4) is 0 Å². The molecule has 0 aromatic rings. The molecule has 0 aliphatic carbocycles. The highest BCUT2D eigenvalue weighted by molar-refractivity contribution is 8.26. The number of ether oxygens (including phenoxy) is 2. The van der Waals surface area contributed by atoms with Crippen LogP contribution in [0, 0.1) is 0 Å². The molecule has 4 nitrogen and oxygen atoms in total. The average molecular weight is 407 g/mol. The van der Waals surface area contributed by atoms with E-state index < -0.39 is 11.9 Å². The molecule has 0 rings (SSSR count). The second kappa shape index (κ2) is 11.2. The van der Waals surface area contributed by atoms with Gasteiger partial charge in [-0.1, -0.05) is 40.9 Å². The van der Waals surface area contributed by atoms with Crippen molar-refractivity contribution in [3.05, 3.63) is 25.3 Å². The summed E-state index contributed by atoms with van der Waals surface area (Å²) >= 11 is 5.11. The van der Waals surface area contributed by atoms with Gasteiger partial charge in [-0.2, -0.15) is 0 Å². The molecule has 0 bridgehead atoms. The zero-order valence-corrected chi connectivity index (χ0v) is 18.4. The molecule has 0 fully saturated rings. The van der Waals surface area contributed by atoms with Crippen molar-refractivity contribution in [3.63, 3.8) is 0 Å². The van der Waals surface area contributed by atoms with Gasteiger partial charge in [0.25, 0.3) is 0 Å². The Balaban J connectivity index is 5.32. The van der Waals surface area contributed by atoms with Crippen molar-refractivity contribution in [2.24, 2.45) is 0 Å². The van der Waals surface area contributed by atoms with E-state index in [0.717, 1.165) is 0 Å². The first-order valence-corrected chi connectivity index (χ1v) is 10.7. The fourth-order valence-electron chi connectivity index (χ4n) is 2.15. The summed E-state index contributed by atoms with van der Waals surface area (Å²) < 4.78 is 9.88. The maximum Gasteiger partial charge on any atom is 0.330 e. The Hall–Kier alpha value is -0.530. The number of hydrogen-bond acceptors (Lipinski definition) is 7. The molecule has 0 aliphatic rings. The van der Waals surface area contributed by atoms with Crippen molar-refractivity contribution in [2.75, 3.05) is 13.2 Å². The third kappa shape index (κ3) is 10.9. The highest BCUT2D eigenvalue weighted by Crippen LogP contribution is 2.51. The molecule has 0 aromatic carbocycles. The quantitative estimate of drug-likeness (QED) is 0.260. The van der Waals surface area contributed by atoms with Crippen LogP contribution in [0.25, 0.3) is 0 Å². The zero-order valence-electron chi connectivity index (χ0n) is 16.0. The molecule has 0 saturated carbocycles. The van der Waals surface area contributed by atoms with Gasteiger partial charge in [-0.3, -0.25) is 0 Å². The van der Waals surface area contributed by atoms with Crippen LogP contribution in [0.3, 0.4) is 0 Å². The predicted octanol–water partition coefficient (Wildman–Crippen LogP) is 4.89. The minimum atomic E-state index is -0.438. The second-order valence-electron chi connectivity index (χ2n) is 6.33. The van der Waals surface area contributed by atoms with Crippen LogP contribution >= 0.6 is 35.3 Å². The van der Waals surface area contributed by atoms with Gasteiger partial charge < -0.3 is 9.47 Å². The molecule has 0 heterocycles. The standard InChI is InChI=1S/C18H30O4S3/c1-9-15(19)21-11-17(7,23-13(3)4)25-18(8,24-14(5)6)12-22-16(20)10-2/h9-10,13-14H,1-2,11-12H2,3-8H3. The lowest BCUT2D eigenvalue weighted by Crippen LogP contribution is -2.36. The number of hydrogen-bond donors (Lipinski definition) is 0. The molecular weight excluding hydrogens is 376 g/mol. The van der Waals surface area contributed by atoms with Gasteiger partial charge in [-0.25, -0.2) is 9.59 Å². The Morgan fingerprint density at radius 3 is 1.44 bits per heavy atom. The molecule has 0 aromatic heterocycles. The lowest BCUT2D eigenvalue weighted by Gasteiger charge is -2.39. The summed E-state index contributed by atoms with van der Waals surface area (Å²) in [7, 11) is 0. The monoisotopic (exact) mass is 406 g/mol. The van der Waals surface area contributed by atoms with Crippen molar-refractivity contribution < 1.29 is 19.1 Å².